The molecule has 0 radical (unpaired) electrons. The van der Waals surface area contributed by atoms with Gasteiger partial charge in [-0.15, -0.1) is 11.3 Å². The minimum Gasteiger partial charge on any atom is -0.384 e. The number of urea groups is 1. The van der Waals surface area contributed by atoms with E-state index in [1.165, 1.54) is 6.07 Å². The SMILES string of the molecule is Cc1csc(S(=O)(=O)Cc2cc(N)nc(-c3ccc(NC(=O)NC4CC4)cc3)n2)n1. The standard InChI is InChI=1S/C19H20N6O3S2/c1-11-9-29-19(21-11)30(27,28)10-15-8-16(20)25-17(22-15)12-2-4-13(5-3-12)23-18(26)24-14-6-7-14/h2-5,8-9,14H,6-7,10H2,1H3,(H2,20,22,25)(H2,23,24,26). The van der Waals surface area contributed by atoms with Gasteiger partial charge in [0.15, 0.2) is 5.82 Å². The number of carbonyl (C=O) groups is 1. The molecule has 0 atom stereocenters. The van der Waals surface area contributed by atoms with Gasteiger partial charge in [0, 0.05) is 34.4 Å². The number of thiazole rings is 1. The second-order valence-corrected chi connectivity index (χ2v) is 10.1. The van der Waals surface area contributed by atoms with Gasteiger partial charge in [-0.05, 0) is 44.0 Å². The van der Waals surface area contributed by atoms with Gasteiger partial charge in [-0.1, -0.05) is 0 Å². The van der Waals surface area contributed by atoms with E-state index in [0.29, 0.717) is 22.8 Å². The summed E-state index contributed by atoms with van der Waals surface area (Å²) in [5.41, 5.74) is 8.10. The van der Waals surface area contributed by atoms with Crippen LogP contribution >= 0.6 is 11.3 Å². The molecule has 30 heavy (non-hydrogen) atoms. The number of anilines is 2. The van der Waals surface area contributed by atoms with E-state index in [2.05, 4.69) is 25.6 Å². The van der Waals surface area contributed by atoms with E-state index in [-0.39, 0.29) is 33.7 Å². The molecule has 9 nitrogen and oxygen atoms in total. The van der Waals surface area contributed by atoms with Gasteiger partial charge in [0.2, 0.25) is 14.2 Å². The molecule has 1 saturated carbocycles. The third-order valence-electron chi connectivity index (χ3n) is 4.31. The van der Waals surface area contributed by atoms with Gasteiger partial charge < -0.3 is 16.4 Å². The quantitative estimate of drug-likeness (QED) is 0.531. The van der Waals surface area contributed by atoms with Crippen molar-refractivity contribution in [2.45, 2.75) is 35.9 Å². The maximum Gasteiger partial charge on any atom is 0.319 e. The van der Waals surface area contributed by atoms with E-state index in [9.17, 15) is 13.2 Å². The summed E-state index contributed by atoms with van der Waals surface area (Å²) in [6.45, 7) is 1.74. The van der Waals surface area contributed by atoms with Crippen LogP contribution in [0.5, 0.6) is 0 Å². The first-order valence-corrected chi connectivity index (χ1v) is 11.8. The highest BCUT2D eigenvalue weighted by atomic mass is 32.2. The van der Waals surface area contributed by atoms with E-state index in [0.717, 1.165) is 24.2 Å². The first-order valence-electron chi connectivity index (χ1n) is 9.25. The molecule has 4 N–H and O–H groups in total. The molecule has 3 aromatic rings. The average Bonchev–Trinajstić information content (AvgIpc) is 3.37. The number of nitrogen functional groups attached to an aromatic ring is 1. The molecule has 11 heteroatoms. The number of benzene rings is 1. The molecule has 2 heterocycles. The zero-order chi connectivity index (χ0) is 21.3. The second kappa shape index (κ2) is 8.00. The van der Waals surface area contributed by atoms with Crippen molar-refractivity contribution in [3.63, 3.8) is 0 Å². The summed E-state index contributed by atoms with van der Waals surface area (Å²) in [5, 5.41) is 7.30. The predicted molar refractivity (Wildman–Crippen MR) is 115 cm³/mol. The Labute approximate surface area is 177 Å². The van der Waals surface area contributed by atoms with Crippen molar-refractivity contribution < 1.29 is 13.2 Å². The minimum absolute atomic E-state index is 0.0543. The molecule has 0 spiro atoms. The largest absolute Gasteiger partial charge is 0.384 e. The molecule has 2 amide bonds. The number of nitrogens with zero attached hydrogens (tertiary/aromatic N) is 3. The van der Waals surface area contributed by atoms with E-state index in [1.54, 1.807) is 36.6 Å². The summed E-state index contributed by atoms with van der Waals surface area (Å²) >= 11 is 1.08. The summed E-state index contributed by atoms with van der Waals surface area (Å²) < 4.78 is 25.3. The molecular weight excluding hydrogens is 424 g/mol. The number of hydrogen-bond donors (Lipinski definition) is 3. The number of nitrogens with one attached hydrogen (secondary N) is 2. The van der Waals surface area contributed by atoms with Gasteiger partial charge >= 0.3 is 6.03 Å². The topological polar surface area (TPSA) is 140 Å². The van der Waals surface area contributed by atoms with Crippen LogP contribution in [0.15, 0.2) is 40.1 Å². The third kappa shape index (κ3) is 4.92. The normalized spacial score (nSPS) is 13.8. The van der Waals surface area contributed by atoms with Gasteiger partial charge in [-0.2, -0.15) is 0 Å². The van der Waals surface area contributed by atoms with Crippen molar-refractivity contribution in [2.75, 3.05) is 11.1 Å². The van der Waals surface area contributed by atoms with Crippen LogP contribution in [0.3, 0.4) is 0 Å². The van der Waals surface area contributed by atoms with Crippen LogP contribution in [0.2, 0.25) is 0 Å². The molecule has 1 aromatic carbocycles. The molecule has 0 unspecified atom stereocenters. The van der Waals surface area contributed by atoms with Crippen LogP contribution in [0, 0.1) is 6.92 Å². The Morgan fingerprint density at radius 3 is 2.57 bits per heavy atom. The van der Waals surface area contributed by atoms with Crippen molar-refractivity contribution in [3.8, 4) is 11.4 Å². The predicted octanol–water partition coefficient (Wildman–Crippen LogP) is 2.75. The van der Waals surface area contributed by atoms with Crippen LogP contribution in [-0.4, -0.2) is 35.4 Å². The van der Waals surface area contributed by atoms with Crippen molar-refractivity contribution in [3.05, 3.63) is 47.1 Å². The van der Waals surface area contributed by atoms with Crippen molar-refractivity contribution in [2.24, 2.45) is 0 Å². The zero-order valence-corrected chi connectivity index (χ0v) is 17.8. The van der Waals surface area contributed by atoms with Crippen LogP contribution in [0.4, 0.5) is 16.3 Å². The molecule has 4 rings (SSSR count). The number of hydrogen-bond acceptors (Lipinski definition) is 8. The van der Waals surface area contributed by atoms with Crippen molar-refractivity contribution in [1.82, 2.24) is 20.3 Å². The zero-order valence-electron chi connectivity index (χ0n) is 16.1. The maximum atomic E-state index is 12.6. The summed E-state index contributed by atoms with van der Waals surface area (Å²) in [6, 6.07) is 8.41. The van der Waals surface area contributed by atoms with Gasteiger partial charge in [0.25, 0.3) is 0 Å². The lowest BCUT2D eigenvalue weighted by molar-refractivity contribution is 0.251. The van der Waals surface area contributed by atoms with Crippen LogP contribution in [-0.2, 0) is 15.6 Å². The summed E-state index contributed by atoms with van der Waals surface area (Å²) in [5.74, 6) is 0.164. The van der Waals surface area contributed by atoms with E-state index in [1.807, 2.05) is 0 Å². The van der Waals surface area contributed by atoms with Gasteiger partial charge in [-0.25, -0.2) is 28.2 Å². The Kier molecular flexibility index (Phi) is 5.39. The molecule has 156 valence electrons. The molecule has 0 bridgehead atoms. The van der Waals surface area contributed by atoms with E-state index >= 15 is 0 Å². The van der Waals surface area contributed by atoms with Crippen molar-refractivity contribution in [1.29, 1.82) is 0 Å². The van der Waals surface area contributed by atoms with Crippen molar-refractivity contribution >= 4 is 38.7 Å². The van der Waals surface area contributed by atoms with E-state index in [4.69, 9.17) is 5.73 Å². The maximum absolute atomic E-state index is 12.6. The number of aryl methyl sites for hydroxylation is 1. The molecule has 0 aliphatic heterocycles. The Morgan fingerprint density at radius 1 is 1.20 bits per heavy atom. The highest BCUT2D eigenvalue weighted by molar-refractivity contribution is 7.92. The molecule has 1 fully saturated rings. The fourth-order valence-corrected chi connectivity index (χ4v) is 5.11. The lowest BCUT2D eigenvalue weighted by atomic mass is 10.2. The average molecular weight is 445 g/mol. The molecule has 1 aliphatic rings. The lowest BCUT2D eigenvalue weighted by Gasteiger charge is -2.08. The highest BCUT2D eigenvalue weighted by Crippen LogP contribution is 2.24. The van der Waals surface area contributed by atoms with Crippen LogP contribution in [0.25, 0.3) is 11.4 Å². The lowest BCUT2D eigenvalue weighted by Crippen LogP contribution is -2.30. The Hall–Kier alpha value is -3.05. The highest BCUT2D eigenvalue weighted by Gasteiger charge is 2.23. The molecular formula is C19H20N6O3S2. The Balaban J connectivity index is 1.52. The summed E-state index contributed by atoms with van der Waals surface area (Å²) in [7, 11) is -3.63. The van der Waals surface area contributed by atoms with E-state index < -0.39 is 9.84 Å². The Morgan fingerprint density at radius 2 is 1.93 bits per heavy atom. The number of aromatic nitrogens is 3. The smallest absolute Gasteiger partial charge is 0.319 e. The fourth-order valence-electron chi connectivity index (χ4n) is 2.74. The molecule has 2 aromatic heterocycles. The van der Waals surface area contributed by atoms with Gasteiger partial charge in [0.05, 0.1) is 11.4 Å². The summed E-state index contributed by atoms with van der Waals surface area (Å²) in [4.78, 5) is 24.5. The number of carbonyl (C=O) groups excluding carboxylic acids is 1. The third-order valence-corrected chi connectivity index (χ3v) is 7.42. The number of amides is 2. The number of sulfone groups is 1. The van der Waals surface area contributed by atoms with Gasteiger partial charge in [-0.3, -0.25) is 0 Å². The van der Waals surface area contributed by atoms with Crippen LogP contribution in [0.1, 0.15) is 24.2 Å². The number of rotatable bonds is 6. The van der Waals surface area contributed by atoms with Gasteiger partial charge in [0.1, 0.15) is 5.82 Å². The number of nitrogens with two attached hydrogens (primary N) is 1. The first kappa shape index (κ1) is 20.2. The first-order chi connectivity index (χ1) is 14.3. The minimum atomic E-state index is -3.63. The molecule has 0 saturated heterocycles. The molecule has 1 aliphatic carbocycles. The van der Waals surface area contributed by atoms with Crippen LogP contribution < -0.4 is 16.4 Å². The monoisotopic (exact) mass is 444 g/mol. The fraction of sp³-hybridized carbons (Fsp3) is 0.263. The second-order valence-electron chi connectivity index (χ2n) is 7.07. The Bertz CT molecular complexity index is 1190. The summed E-state index contributed by atoms with van der Waals surface area (Å²) in [6.07, 6.45) is 2.03.